The number of rotatable bonds is 14. The summed E-state index contributed by atoms with van der Waals surface area (Å²) in [5.74, 6) is 0.488. The average Bonchev–Trinajstić information content (AvgIpc) is 3.01. The van der Waals surface area contributed by atoms with Crippen molar-refractivity contribution in [2.24, 2.45) is 5.92 Å². The van der Waals surface area contributed by atoms with E-state index in [0.29, 0.717) is 12.5 Å². The predicted octanol–water partition coefficient (Wildman–Crippen LogP) is 7.49. The first-order chi connectivity index (χ1) is 15.0. The van der Waals surface area contributed by atoms with Crippen molar-refractivity contribution in [1.29, 1.82) is 0 Å². The number of amides is 1. The lowest BCUT2D eigenvalue weighted by molar-refractivity contribution is -0.0673. The fourth-order valence-electron chi connectivity index (χ4n) is 4.28. The molecule has 1 amide bonds. The van der Waals surface area contributed by atoms with Crippen LogP contribution in [-0.2, 0) is 14.2 Å². The summed E-state index contributed by atoms with van der Waals surface area (Å²) in [6.07, 6.45) is 17.1. The van der Waals surface area contributed by atoms with Gasteiger partial charge in [0.25, 0.3) is 0 Å². The number of unbranched alkanes of at least 4 members (excludes halogenated alkanes) is 8. The molecule has 1 fully saturated rings. The van der Waals surface area contributed by atoms with Gasteiger partial charge in [0.15, 0.2) is 0 Å². The van der Waals surface area contributed by atoms with E-state index in [1.165, 1.54) is 64.2 Å². The van der Waals surface area contributed by atoms with Crippen molar-refractivity contribution in [3.05, 3.63) is 12.2 Å². The summed E-state index contributed by atoms with van der Waals surface area (Å²) in [6, 6.07) is -0.207. The molecule has 0 aliphatic carbocycles. The van der Waals surface area contributed by atoms with Gasteiger partial charge in [0, 0.05) is 7.11 Å². The lowest BCUT2D eigenvalue weighted by Gasteiger charge is -2.36. The normalized spacial score (nSPS) is 20.6. The third-order valence-electron chi connectivity index (χ3n) is 6.15. The van der Waals surface area contributed by atoms with E-state index < -0.39 is 11.3 Å². The van der Waals surface area contributed by atoms with Gasteiger partial charge in [0.1, 0.15) is 11.3 Å². The molecule has 32 heavy (non-hydrogen) atoms. The third-order valence-corrected chi connectivity index (χ3v) is 6.15. The summed E-state index contributed by atoms with van der Waals surface area (Å²) in [5.41, 5.74) is -1.28. The second kappa shape index (κ2) is 14.2. The highest BCUT2D eigenvalue weighted by atomic mass is 16.6. The number of carbonyl (C=O) groups excluding carboxylic acids is 1. The van der Waals surface area contributed by atoms with Crippen molar-refractivity contribution in [3.8, 4) is 0 Å². The van der Waals surface area contributed by atoms with Gasteiger partial charge in [-0.3, -0.25) is 4.90 Å². The number of methoxy groups -OCH3 is 1. The molecule has 0 aromatic heterocycles. The lowest BCUT2D eigenvalue weighted by atomic mass is 9.99. The summed E-state index contributed by atoms with van der Waals surface area (Å²) >= 11 is 0. The van der Waals surface area contributed by atoms with Gasteiger partial charge in [-0.1, -0.05) is 83.8 Å². The van der Waals surface area contributed by atoms with Crippen LogP contribution < -0.4 is 0 Å². The van der Waals surface area contributed by atoms with E-state index in [4.69, 9.17) is 14.2 Å². The van der Waals surface area contributed by atoms with Crippen molar-refractivity contribution >= 4 is 6.09 Å². The Bertz CT molecular complexity index is 552. The Morgan fingerprint density at radius 3 is 2.16 bits per heavy atom. The topological polar surface area (TPSA) is 48.0 Å². The maximum Gasteiger partial charge on any atom is 0.413 e. The molecule has 0 bridgehead atoms. The van der Waals surface area contributed by atoms with Crippen LogP contribution in [0.5, 0.6) is 0 Å². The Labute approximate surface area is 198 Å². The van der Waals surface area contributed by atoms with Crippen LogP contribution in [0.1, 0.15) is 113 Å². The number of ether oxygens (including phenoxy) is 3. The van der Waals surface area contributed by atoms with E-state index in [0.717, 1.165) is 0 Å². The molecule has 0 spiro atoms. The zero-order valence-corrected chi connectivity index (χ0v) is 22.2. The van der Waals surface area contributed by atoms with Crippen LogP contribution in [0.4, 0.5) is 4.79 Å². The maximum absolute atomic E-state index is 12.9. The molecule has 1 aliphatic rings. The smallest absolute Gasteiger partial charge is 0.413 e. The molecule has 5 heteroatoms. The van der Waals surface area contributed by atoms with Gasteiger partial charge >= 0.3 is 6.09 Å². The first-order valence-corrected chi connectivity index (χ1v) is 12.9. The van der Waals surface area contributed by atoms with E-state index in [1.54, 1.807) is 12.0 Å². The Kier molecular flexibility index (Phi) is 12.9. The maximum atomic E-state index is 12.9. The van der Waals surface area contributed by atoms with E-state index in [1.807, 2.05) is 34.6 Å². The average molecular weight is 454 g/mol. The molecule has 0 aromatic rings. The largest absolute Gasteiger partial charge is 0.444 e. The standard InChI is InChI=1S/C27H51NO4/c1-9-10-11-12-13-14-15-16-17-18-22(2)19-20-24(30-8)23-21-31-27(6,7)28(23)25(29)32-26(3,4)5/h19-20,22-24H,9-18,21H2,1-8H3/b20-19+/t22?,23?,24-/m1/s1. The van der Waals surface area contributed by atoms with Crippen molar-refractivity contribution in [3.63, 3.8) is 0 Å². The molecule has 0 radical (unpaired) electrons. The second-order valence-electron chi connectivity index (χ2n) is 10.9. The van der Waals surface area contributed by atoms with Crippen LogP contribution >= 0.6 is 0 Å². The summed E-state index contributed by atoms with van der Waals surface area (Å²) in [5, 5.41) is 0. The zero-order chi connectivity index (χ0) is 24.2. The summed E-state index contributed by atoms with van der Waals surface area (Å²) < 4.78 is 17.4. The first kappa shape index (κ1) is 29.0. The molecule has 0 aromatic carbocycles. The highest BCUT2D eigenvalue weighted by Crippen LogP contribution is 2.32. The van der Waals surface area contributed by atoms with E-state index in [9.17, 15) is 4.79 Å². The minimum atomic E-state index is -0.722. The highest BCUT2D eigenvalue weighted by Gasteiger charge is 2.48. The highest BCUT2D eigenvalue weighted by molar-refractivity contribution is 5.70. The van der Waals surface area contributed by atoms with Crippen LogP contribution in [0.15, 0.2) is 12.2 Å². The Morgan fingerprint density at radius 2 is 1.62 bits per heavy atom. The quantitative estimate of drug-likeness (QED) is 0.202. The fraction of sp³-hybridized carbons (Fsp3) is 0.889. The molecular weight excluding hydrogens is 402 g/mol. The van der Waals surface area contributed by atoms with Gasteiger partial charge in [-0.15, -0.1) is 0 Å². The molecule has 0 N–H and O–H groups in total. The molecule has 1 aliphatic heterocycles. The molecule has 188 valence electrons. The minimum absolute atomic E-state index is 0.207. The number of carbonyl (C=O) groups is 1. The number of nitrogens with zero attached hydrogens (tertiary/aromatic N) is 1. The second-order valence-corrected chi connectivity index (χ2v) is 10.9. The lowest BCUT2D eigenvalue weighted by Crippen LogP contribution is -2.53. The van der Waals surface area contributed by atoms with Gasteiger partial charge in [-0.2, -0.15) is 0 Å². The van der Waals surface area contributed by atoms with Crippen LogP contribution in [0.2, 0.25) is 0 Å². The first-order valence-electron chi connectivity index (χ1n) is 12.9. The van der Waals surface area contributed by atoms with Gasteiger partial charge < -0.3 is 14.2 Å². The molecule has 5 nitrogen and oxygen atoms in total. The Balaban J connectivity index is 2.50. The molecular formula is C27H51NO4. The molecule has 3 atom stereocenters. The van der Waals surface area contributed by atoms with Crippen LogP contribution in [0, 0.1) is 5.92 Å². The number of hydrogen-bond donors (Lipinski definition) is 0. The van der Waals surface area contributed by atoms with Gasteiger partial charge in [0.05, 0.1) is 18.8 Å². The third kappa shape index (κ3) is 10.7. The Morgan fingerprint density at radius 1 is 1.06 bits per heavy atom. The van der Waals surface area contributed by atoms with Crippen LogP contribution in [0.3, 0.4) is 0 Å². The van der Waals surface area contributed by atoms with Gasteiger partial charge in [-0.05, 0) is 47.0 Å². The van der Waals surface area contributed by atoms with Crippen molar-refractivity contribution in [2.45, 2.75) is 136 Å². The van der Waals surface area contributed by atoms with Crippen LogP contribution in [0.25, 0.3) is 0 Å². The van der Waals surface area contributed by atoms with E-state index in [2.05, 4.69) is 26.0 Å². The van der Waals surface area contributed by atoms with E-state index in [-0.39, 0.29) is 18.2 Å². The van der Waals surface area contributed by atoms with Crippen molar-refractivity contribution in [2.75, 3.05) is 13.7 Å². The number of allylic oxidation sites excluding steroid dienone is 1. The van der Waals surface area contributed by atoms with Crippen molar-refractivity contribution < 1.29 is 19.0 Å². The molecule has 1 saturated heterocycles. The minimum Gasteiger partial charge on any atom is -0.444 e. The fourth-order valence-corrected chi connectivity index (χ4v) is 4.28. The summed E-state index contributed by atoms with van der Waals surface area (Å²) in [6.45, 7) is 14.4. The molecule has 1 rings (SSSR count). The SMILES string of the molecule is CCCCCCCCCCCC(C)/C=C/[C@@H](OC)C1COC(C)(C)N1C(=O)OC(C)(C)C. The Hall–Kier alpha value is -1.07. The molecule has 2 unspecified atom stereocenters. The van der Waals surface area contributed by atoms with Crippen molar-refractivity contribution in [1.82, 2.24) is 4.90 Å². The summed E-state index contributed by atoms with van der Waals surface area (Å²) in [4.78, 5) is 14.6. The zero-order valence-electron chi connectivity index (χ0n) is 22.2. The van der Waals surface area contributed by atoms with Gasteiger partial charge in [0.2, 0.25) is 0 Å². The number of hydrogen-bond acceptors (Lipinski definition) is 4. The monoisotopic (exact) mass is 453 g/mol. The molecule has 1 heterocycles. The van der Waals surface area contributed by atoms with Crippen LogP contribution in [-0.4, -0.2) is 48.2 Å². The molecule has 0 saturated carbocycles. The van der Waals surface area contributed by atoms with Gasteiger partial charge in [-0.25, -0.2) is 4.79 Å². The predicted molar refractivity (Wildman–Crippen MR) is 133 cm³/mol. The summed E-state index contributed by atoms with van der Waals surface area (Å²) in [7, 11) is 1.69. The van der Waals surface area contributed by atoms with E-state index >= 15 is 0 Å².